The Labute approximate surface area is 389 Å². The second-order valence-corrected chi connectivity index (χ2v) is 18.5. The Balaban J connectivity index is 0.718. The second kappa shape index (κ2) is 20.8. The first-order valence-corrected chi connectivity index (χ1v) is 23.6. The molecule has 2 aromatic carbocycles. The van der Waals surface area contributed by atoms with Crippen molar-refractivity contribution in [3.63, 3.8) is 0 Å². The minimum atomic E-state index is -4.62. The predicted molar refractivity (Wildman–Crippen MR) is 247 cm³/mol. The number of pyridine rings is 1. The molecule has 0 radical (unpaired) electrons. The lowest BCUT2D eigenvalue weighted by Gasteiger charge is -2.41. The molecule has 4 saturated heterocycles. The minimum Gasteiger partial charge on any atom is -0.371 e. The van der Waals surface area contributed by atoms with Gasteiger partial charge >= 0.3 is 6.18 Å². The van der Waals surface area contributed by atoms with Gasteiger partial charge in [0.25, 0.3) is 11.8 Å². The summed E-state index contributed by atoms with van der Waals surface area (Å²) in [5.41, 5.74) is 1.55. The van der Waals surface area contributed by atoms with Crippen molar-refractivity contribution < 1.29 is 37.1 Å². The Bertz CT molecular complexity index is 2330. The Kier molecular flexibility index (Phi) is 14.8. The molecule has 0 saturated carbocycles. The molecule has 1 atom stereocenters. The molecule has 0 spiro atoms. The topological polar surface area (TPSA) is 166 Å². The van der Waals surface area contributed by atoms with Gasteiger partial charge in [-0.2, -0.15) is 18.4 Å². The molecule has 4 fully saturated rings. The molecule has 356 valence electrons. The SMILES string of the molecule is CNC(=O)C(CCC=O)N1C(=O)c2ccc(N3CCC(CN4CCN(CC5CCN(c6ccc(NC(=O)C7CCN(c8ccc(C#N)c(C(F)(F)F)c8)CC7)nc6)CC5)CC4)CC3)cc2C1=O. The maximum Gasteiger partial charge on any atom is 0.417 e. The molecule has 3 aromatic rings. The third-order valence-electron chi connectivity index (χ3n) is 14.4. The molecule has 67 heavy (non-hydrogen) atoms. The van der Waals surface area contributed by atoms with Crippen molar-refractivity contribution in [2.75, 3.05) is 106 Å². The number of rotatable bonds is 14. The number of halogens is 3. The number of aldehydes is 1. The van der Waals surface area contributed by atoms with E-state index in [1.165, 1.54) is 19.2 Å². The van der Waals surface area contributed by atoms with Gasteiger partial charge in [0.15, 0.2) is 0 Å². The van der Waals surface area contributed by atoms with Crippen molar-refractivity contribution in [2.24, 2.45) is 17.8 Å². The second-order valence-electron chi connectivity index (χ2n) is 18.5. The molecule has 0 aliphatic carbocycles. The van der Waals surface area contributed by atoms with Gasteiger partial charge < -0.3 is 39.9 Å². The van der Waals surface area contributed by atoms with E-state index in [9.17, 15) is 37.1 Å². The normalized spacial score (nSPS) is 19.9. The lowest BCUT2D eigenvalue weighted by Crippen LogP contribution is -2.50. The lowest BCUT2D eigenvalue weighted by atomic mass is 9.94. The maximum atomic E-state index is 13.5. The Morgan fingerprint density at radius 2 is 1.30 bits per heavy atom. The summed E-state index contributed by atoms with van der Waals surface area (Å²) in [5, 5.41) is 14.6. The van der Waals surface area contributed by atoms with E-state index in [0.29, 0.717) is 61.1 Å². The highest BCUT2D eigenvalue weighted by Gasteiger charge is 2.43. The number of carbonyl (C=O) groups is 5. The number of fused-ring (bicyclic) bond motifs is 1. The van der Waals surface area contributed by atoms with Gasteiger partial charge in [0.2, 0.25) is 11.8 Å². The zero-order chi connectivity index (χ0) is 47.2. The van der Waals surface area contributed by atoms with Crippen LogP contribution >= 0.6 is 0 Å². The summed E-state index contributed by atoms with van der Waals surface area (Å²) in [4.78, 5) is 80.6. The zero-order valence-corrected chi connectivity index (χ0v) is 38.0. The Hall–Kier alpha value is -6.06. The number of piperazine rings is 1. The highest BCUT2D eigenvalue weighted by atomic mass is 19.4. The first-order valence-electron chi connectivity index (χ1n) is 23.6. The van der Waals surface area contributed by atoms with Gasteiger partial charge in [-0.15, -0.1) is 0 Å². The van der Waals surface area contributed by atoms with Crippen LogP contribution < -0.4 is 25.3 Å². The number of hydrogen-bond acceptors (Lipinski definition) is 12. The molecule has 1 unspecified atom stereocenters. The standard InChI is InChI=1S/C49H59F3N10O5/c1-54-46(65)43(3-2-26-63)62-47(66)40-8-6-37(27-41(40)48(62)67)59-16-10-33(11-17-59)31-57-22-24-58(25-23-57)32-34-12-18-61(19-13-34)39-7-9-44(55-30-39)56-45(64)35-14-20-60(21-15-35)38-5-4-36(29-53)42(28-38)49(50,51)52/h4-9,26-28,30,33-35,43H,2-3,10-25,31-32H2,1H3,(H,54,65)(H,55,56,64). The van der Waals surface area contributed by atoms with E-state index in [1.54, 1.807) is 18.2 Å². The number of nitrogens with zero attached hydrogens (tertiary/aromatic N) is 8. The number of benzene rings is 2. The largest absolute Gasteiger partial charge is 0.417 e. The average Bonchev–Trinajstić information content (AvgIpc) is 3.59. The number of carbonyl (C=O) groups excluding carboxylic acids is 5. The van der Waals surface area contributed by atoms with Crippen molar-refractivity contribution in [3.8, 4) is 6.07 Å². The van der Waals surface area contributed by atoms with Crippen molar-refractivity contribution in [2.45, 2.75) is 63.6 Å². The van der Waals surface area contributed by atoms with Crippen LogP contribution in [0.15, 0.2) is 54.7 Å². The number of nitrogens with one attached hydrogen (secondary N) is 2. The number of likely N-dealkylation sites (N-methyl/N-ethyl adjacent to an activating group) is 1. The molecular weight excluding hydrogens is 866 g/mol. The summed E-state index contributed by atoms with van der Waals surface area (Å²) >= 11 is 0. The first-order chi connectivity index (χ1) is 32.3. The molecule has 4 amide bonds. The van der Waals surface area contributed by atoms with Crippen molar-refractivity contribution in [1.29, 1.82) is 5.26 Å². The van der Waals surface area contributed by atoms with Crippen LogP contribution in [0, 0.1) is 29.1 Å². The highest BCUT2D eigenvalue weighted by molar-refractivity contribution is 6.23. The fraction of sp³-hybridized carbons (Fsp3) is 0.531. The van der Waals surface area contributed by atoms with E-state index in [1.807, 2.05) is 29.3 Å². The number of nitriles is 1. The Morgan fingerprint density at radius 3 is 1.84 bits per heavy atom. The summed E-state index contributed by atoms with van der Waals surface area (Å²) < 4.78 is 40.5. The van der Waals surface area contributed by atoms with E-state index in [0.717, 1.165) is 113 Å². The molecule has 5 aliphatic heterocycles. The van der Waals surface area contributed by atoms with Gasteiger partial charge in [-0.3, -0.25) is 24.1 Å². The van der Waals surface area contributed by atoms with E-state index >= 15 is 0 Å². The number of piperidine rings is 3. The quantitative estimate of drug-likeness (QED) is 0.159. The minimum absolute atomic E-state index is 0.0645. The molecule has 2 N–H and O–H groups in total. The molecule has 8 rings (SSSR count). The molecular formula is C49H59F3N10O5. The van der Waals surface area contributed by atoms with Crippen LogP contribution in [0.4, 0.5) is 36.1 Å². The monoisotopic (exact) mass is 924 g/mol. The van der Waals surface area contributed by atoms with Crippen LogP contribution in [-0.2, 0) is 20.6 Å². The van der Waals surface area contributed by atoms with Crippen LogP contribution in [0.2, 0.25) is 0 Å². The summed E-state index contributed by atoms with van der Waals surface area (Å²) in [5.74, 6) is -0.221. The van der Waals surface area contributed by atoms with Crippen LogP contribution in [0.25, 0.3) is 0 Å². The van der Waals surface area contributed by atoms with Crippen LogP contribution in [0.3, 0.4) is 0 Å². The van der Waals surface area contributed by atoms with Gasteiger partial charge in [0.05, 0.1) is 40.2 Å². The first kappa shape index (κ1) is 47.4. The fourth-order valence-electron chi connectivity index (χ4n) is 10.5. The summed E-state index contributed by atoms with van der Waals surface area (Å²) in [6, 6.07) is 13.5. The van der Waals surface area contributed by atoms with Crippen LogP contribution in [0.1, 0.15) is 83.2 Å². The van der Waals surface area contributed by atoms with E-state index in [2.05, 4.69) is 35.2 Å². The predicted octanol–water partition coefficient (Wildman–Crippen LogP) is 5.27. The molecule has 5 aliphatic rings. The van der Waals surface area contributed by atoms with Crippen LogP contribution in [-0.4, -0.2) is 141 Å². The van der Waals surface area contributed by atoms with E-state index in [-0.39, 0.29) is 30.2 Å². The van der Waals surface area contributed by atoms with Gasteiger partial charge in [-0.1, -0.05) is 0 Å². The lowest BCUT2D eigenvalue weighted by molar-refractivity contribution is -0.137. The highest BCUT2D eigenvalue weighted by Crippen LogP contribution is 2.36. The van der Waals surface area contributed by atoms with Gasteiger partial charge in [0, 0.05) is 109 Å². The number of anilines is 4. The number of alkyl halides is 3. The van der Waals surface area contributed by atoms with Gasteiger partial charge in [-0.25, -0.2) is 4.98 Å². The number of aromatic nitrogens is 1. The maximum absolute atomic E-state index is 13.5. The molecule has 6 heterocycles. The number of imide groups is 1. The molecule has 1 aromatic heterocycles. The summed E-state index contributed by atoms with van der Waals surface area (Å²) in [6.45, 7) is 10.9. The smallest absolute Gasteiger partial charge is 0.371 e. The number of amides is 4. The average molecular weight is 925 g/mol. The van der Waals surface area contributed by atoms with E-state index in [4.69, 9.17) is 5.26 Å². The summed E-state index contributed by atoms with van der Waals surface area (Å²) in [6.07, 6.45) is 3.27. The third-order valence-corrected chi connectivity index (χ3v) is 14.4. The molecule has 18 heteroatoms. The zero-order valence-electron chi connectivity index (χ0n) is 38.0. The fourth-order valence-corrected chi connectivity index (χ4v) is 10.5. The molecule has 0 bridgehead atoms. The van der Waals surface area contributed by atoms with Crippen molar-refractivity contribution in [1.82, 2.24) is 25.0 Å². The number of hydrogen-bond donors (Lipinski definition) is 2. The van der Waals surface area contributed by atoms with Crippen molar-refractivity contribution in [3.05, 3.63) is 77.0 Å². The molecule has 15 nitrogen and oxygen atoms in total. The van der Waals surface area contributed by atoms with Gasteiger partial charge in [-0.05, 0) is 105 Å². The third kappa shape index (κ3) is 10.9. The summed E-state index contributed by atoms with van der Waals surface area (Å²) in [7, 11) is 1.45. The van der Waals surface area contributed by atoms with Crippen LogP contribution in [0.5, 0.6) is 0 Å². The van der Waals surface area contributed by atoms with Crippen molar-refractivity contribution >= 4 is 52.8 Å². The van der Waals surface area contributed by atoms with Gasteiger partial charge in [0.1, 0.15) is 18.1 Å². The van der Waals surface area contributed by atoms with E-state index < -0.39 is 41.1 Å². The Morgan fingerprint density at radius 1 is 0.761 bits per heavy atom.